The molecule has 2 heterocycles. The van der Waals surface area contributed by atoms with Crippen molar-refractivity contribution >= 4 is 5.97 Å². The third kappa shape index (κ3) is 3.77. The van der Waals surface area contributed by atoms with E-state index in [9.17, 15) is 14.3 Å². The molecule has 0 saturated carbocycles. The summed E-state index contributed by atoms with van der Waals surface area (Å²) in [4.78, 5) is 18.8. The lowest BCUT2D eigenvalue weighted by Crippen LogP contribution is -2.25. The average Bonchev–Trinajstić information content (AvgIpc) is 2.84. The average molecular weight is 357 g/mol. The predicted molar refractivity (Wildman–Crippen MR) is 85.2 cm³/mol. The van der Waals surface area contributed by atoms with Crippen molar-refractivity contribution in [3.63, 3.8) is 0 Å². The van der Waals surface area contributed by atoms with Gasteiger partial charge in [0.25, 0.3) is 0 Å². The molecule has 26 heavy (non-hydrogen) atoms. The summed E-state index contributed by atoms with van der Waals surface area (Å²) in [7, 11) is 1.60. The summed E-state index contributed by atoms with van der Waals surface area (Å²) in [5.74, 6) is -1.36. The van der Waals surface area contributed by atoms with Crippen LogP contribution in [0.5, 0.6) is 23.3 Å². The normalized spacial score (nSPS) is 10.6. The zero-order chi connectivity index (χ0) is 18.7. The maximum Gasteiger partial charge on any atom is 0.226 e. The van der Waals surface area contributed by atoms with Crippen LogP contribution in [0.2, 0.25) is 0 Å². The SMILES string of the molecule is Cc1nn(C)c(CC(=O)[O-])c1Oc1cc(Oc2ccccc2F)ncn1. The highest BCUT2D eigenvalue weighted by Crippen LogP contribution is 2.30. The quantitative estimate of drug-likeness (QED) is 0.659. The van der Waals surface area contributed by atoms with E-state index in [1.165, 1.54) is 29.2 Å². The first-order valence-electron chi connectivity index (χ1n) is 7.58. The van der Waals surface area contributed by atoms with Gasteiger partial charge in [0.1, 0.15) is 12.0 Å². The third-order valence-corrected chi connectivity index (χ3v) is 3.47. The largest absolute Gasteiger partial charge is 0.550 e. The number of aromatic nitrogens is 4. The summed E-state index contributed by atoms with van der Waals surface area (Å²) in [5, 5.41) is 15.1. The molecule has 0 fully saturated rings. The van der Waals surface area contributed by atoms with Gasteiger partial charge in [0.05, 0.1) is 11.8 Å². The summed E-state index contributed by atoms with van der Waals surface area (Å²) in [6, 6.07) is 7.25. The molecule has 0 saturated heterocycles. The Morgan fingerprint density at radius 2 is 1.92 bits per heavy atom. The summed E-state index contributed by atoms with van der Waals surface area (Å²) >= 11 is 0. The second kappa shape index (κ2) is 7.18. The second-order valence-electron chi connectivity index (χ2n) is 5.36. The number of benzene rings is 1. The number of hydrogen-bond donors (Lipinski definition) is 0. The molecule has 1 aromatic carbocycles. The van der Waals surface area contributed by atoms with E-state index in [0.717, 1.165) is 0 Å². The topological polar surface area (TPSA) is 102 Å². The van der Waals surface area contributed by atoms with Gasteiger partial charge in [-0.2, -0.15) is 5.10 Å². The summed E-state index contributed by atoms with van der Waals surface area (Å²) in [5.41, 5.74) is 0.816. The standard InChI is InChI=1S/C17H15FN4O4/c1-10-17(12(7-16(23)24)22(2)21-10)26-15-8-14(19-9-20-15)25-13-6-4-3-5-11(13)18/h3-6,8-9H,7H2,1-2H3,(H,23,24)/p-1. The number of hydrogen-bond acceptors (Lipinski definition) is 7. The number of halogens is 1. The second-order valence-corrected chi connectivity index (χ2v) is 5.36. The predicted octanol–water partition coefficient (Wildman–Crippen LogP) is 1.53. The molecule has 8 nitrogen and oxygen atoms in total. The Morgan fingerprint density at radius 1 is 1.23 bits per heavy atom. The van der Waals surface area contributed by atoms with Crippen LogP contribution in [0.15, 0.2) is 36.7 Å². The monoisotopic (exact) mass is 357 g/mol. The number of para-hydroxylation sites is 1. The number of carboxylic acid groups (broad SMARTS) is 1. The molecule has 3 rings (SSSR count). The van der Waals surface area contributed by atoms with E-state index in [2.05, 4.69) is 15.1 Å². The number of nitrogens with zero attached hydrogens (tertiary/aromatic N) is 4. The van der Waals surface area contributed by atoms with Crippen molar-refractivity contribution in [2.24, 2.45) is 7.05 Å². The lowest BCUT2D eigenvalue weighted by molar-refractivity contribution is -0.304. The molecule has 0 radical (unpaired) electrons. The van der Waals surface area contributed by atoms with E-state index in [-0.39, 0.29) is 29.7 Å². The molecule has 0 aliphatic carbocycles. The Hall–Kier alpha value is -3.49. The molecule has 0 atom stereocenters. The maximum atomic E-state index is 13.7. The number of carboxylic acids is 1. The smallest absolute Gasteiger partial charge is 0.226 e. The molecule has 2 aromatic heterocycles. The van der Waals surface area contributed by atoms with Crippen LogP contribution >= 0.6 is 0 Å². The van der Waals surface area contributed by atoms with Crippen molar-refractivity contribution in [1.82, 2.24) is 19.7 Å². The van der Waals surface area contributed by atoms with Gasteiger partial charge in [0, 0.05) is 19.4 Å². The van der Waals surface area contributed by atoms with Crippen LogP contribution in [0.4, 0.5) is 4.39 Å². The molecular weight excluding hydrogens is 343 g/mol. The minimum Gasteiger partial charge on any atom is -0.550 e. The van der Waals surface area contributed by atoms with E-state index in [1.54, 1.807) is 26.1 Å². The van der Waals surface area contributed by atoms with Crippen LogP contribution in [0, 0.1) is 12.7 Å². The number of rotatable bonds is 6. The Morgan fingerprint density at radius 3 is 2.62 bits per heavy atom. The minimum atomic E-state index is -1.26. The van der Waals surface area contributed by atoms with Gasteiger partial charge in [0.2, 0.25) is 11.8 Å². The van der Waals surface area contributed by atoms with E-state index in [1.807, 2.05) is 0 Å². The highest BCUT2D eigenvalue weighted by Gasteiger charge is 2.17. The molecular formula is C17H14FN4O4-. The molecule has 0 bridgehead atoms. The van der Waals surface area contributed by atoms with Gasteiger partial charge < -0.3 is 19.4 Å². The van der Waals surface area contributed by atoms with Crippen LogP contribution < -0.4 is 14.6 Å². The number of carbonyl (C=O) groups excluding carboxylic acids is 1. The van der Waals surface area contributed by atoms with Gasteiger partial charge >= 0.3 is 0 Å². The minimum absolute atomic E-state index is 0.00680. The Labute approximate surface area is 147 Å². The molecule has 0 amide bonds. The summed E-state index contributed by atoms with van der Waals surface area (Å²) in [6.45, 7) is 1.67. The van der Waals surface area contributed by atoms with Crippen molar-refractivity contribution in [3.8, 4) is 23.3 Å². The lowest BCUT2D eigenvalue weighted by atomic mass is 10.2. The molecule has 3 aromatic rings. The van der Waals surface area contributed by atoms with Crippen LogP contribution in [-0.4, -0.2) is 25.7 Å². The maximum absolute atomic E-state index is 13.7. The highest BCUT2D eigenvalue weighted by atomic mass is 19.1. The van der Waals surface area contributed by atoms with Crippen molar-refractivity contribution < 1.29 is 23.8 Å². The zero-order valence-electron chi connectivity index (χ0n) is 14.0. The summed E-state index contributed by atoms with van der Waals surface area (Å²) < 4.78 is 26.1. The van der Waals surface area contributed by atoms with Gasteiger partial charge in [0.15, 0.2) is 17.3 Å². The molecule has 0 unspecified atom stereocenters. The fraction of sp³-hybridized carbons (Fsp3) is 0.176. The van der Waals surface area contributed by atoms with Crippen molar-refractivity contribution in [2.45, 2.75) is 13.3 Å². The Bertz CT molecular complexity index is 958. The van der Waals surface area contributed by atoms with Crippen molar-refractivity contribution in [3.05, 3.63) is 53.9 Å². The van der Waals surface area contributed by atoms with Crippen LogP contribution in [0.1, 0.15) is 11.4 Å². The first-order valence-corrected chi connectivity index (χ1v) is 7.58. The third-order valence-electron chi connectivity index (χ3n) is 3.47. The molecule has 9 heteroatoms. The first-order chi connectivity index (χ1) is 12.4. The number of ether oxygens (including phenoxy) is 2. The van der Waals surface area contributed by atoms with Gasteiger partial charge in [-0.3, -0.25) is 4.68 Å². The van der Waals surface area contributed by atoms with Crippen molar-refractivity contribution in [1.29, 1.82) is 0 Å². The van der Waals surface area contributed by atoms with Crippen LogP contribution in [-0.2, 0) is 18.3 Å². The highest BCUT2D eigenvalue weighted by molar-refractivity contribution is 5.68. The number of aliphatic carboxylic acids is 1. The first kappa shape index (κ1) is 17.3. The number of aryl methyl sites for hydroxylation is 2. The van der Waals surface area contributed by atoms with Crippen molar-refractivity contribution in [2.75, 3.05) is 0 Å². The fourth-order valence-electron chi connectivity index (χ4n) is 2.33. The molecule has 0 spiro atoms. The molecule has 0 aliphatic heterocycles. The van der Waals surface area contributed by atoms with Gasteiger partial charge in [-0.15, -0.1) is 0 Å². The zero-order valence-corrected chi connectivity index (χ0v) is 14.0. The van der Waals surface area contributed by atoms with Gasteiger partial charge in [-0.1, -0.05) is 12.1 Å². The molecule has 0 N–H and O–H groups in total. The molecule has 134 valence electrons. The van der Waals surface area contributed by atoms with Gasteiger partial charge in [-0.25, -0.2) is 14.4 Å². The Kier molecular flexibility index (Phi) is 4.78. The lowest BCUT2D eigenvalue weighted by Gasteiger charge is -2.10. The summed E-state index contributed by atoms with van der Waals surface area (Å²) in [6.07, 6.45) is 0.825. The van der Waals surface area contributed by atoms with Crippen LogP contribution in [0.25, 0.3) is 0 Å². The number of carbonyl (C=O) groups is 1. The Balaban J connectivity index is 1.86. The van der Waals surface area contributed by atoms with Crippen LogP contribution in [0.3, 0.4) is 0 Å². The van der Waals surface area contributed by atoms with E-state index < -0.39 is 11.8 Å². The van der Waals surface area contributed by atoms with E-state index in [0.29, 0.717) is 11.4 Å². The van der Waals surface area contributed by atoms with E-state index in [4.69, 9.17) is 9.47 Å². The van der Waals surface area contributed by atoms with E-state index >= 15 is 0 Å². The molecule has 0 aliphatic rings. The fourth-order valence-corrected chi connectivity index (χ4v) is 2.33. The van der Waals surface area contributed by atoms with Gasteiger partial charge in [-0.05, 0) is 19.1 Å².